The zero-order chi connectivity index (χ0) is 16.0. The summed E-state index contributed by atoms with van der Waals surface area (Å²) in [7, 11) is 0. The van der Waals surface area contributed by atoms with Gasteiger partial charge in [0.1, 0.15) is 0 Å². The number of nitrogens with one attached hydrogen (secondary N) is 1. The third kappa shape index (κ3) is 4.99. The maximum atomic E-state index is 12.3. The molecule has 1 aliphatic heterocycles. The van der Waals surface area contributed by atoms with Gasteiger partial charge in [-0.05, 0) is 25.2 Å². The van der Waals surface area contributed by atoms with E-state index in [4.69, 9.17) is 5.73 Å². The van der Waals surface area contributed by atoms with Gasteiger partial charge in [-0.3, -0.25) is 9.59 Å². The molecule has 0 aliphatic carbocycles. The van der Waals surface area contributed by atoms with Crippen LogP contribution in [-0.2, 0) is 9.59 Å². The highest BCUT2D eigenvalue weighted by atomic mass is 16.2. The smallest absolute Gasteiger partial charge is 0.225 e. The van der Waals surface area contributed by atoms with Crippen molar-refractivity contribution in [2.45, 2.75) is 65.5 Å². The van der Waals surface area contributed by atoms with Crippen LogP contribution >= 0.6 is 0 Å². The van der Waals surface area contributed by atoms with Crippen molar-refractivity contribution in [3.63, 3.8) is 0 Å². The molecular weight excluding hydrogens is 266 g/mol. The van der Waals surface area contributed by atoms with Gasteiger partial charge in [0.15, 0.2) is 0 Å². The predicted octanol–water partition coefficient (Wildman–Crippen LogP) is 1.51. The quantitative estimate of drug-likeness (QED) is 0.713. The van der Waals surface area contributed by atoms with Gasteiger partial charge < -0.3 is 16.0 Å². The number of hydrogen-bond acceptors (Lipinski definition) is 3. The molecule has 2 amide bonds. The topological polar surface area (TPSA) is 75.4 Å². The van der Waals surface area contributed by atoms with Crippen molar-refractivity contribution in [2.24, 2.45) is 17.6 Å². The SMILES string of the molecule is CCC(CC)N1CC(C(=O)NC(CN)CC(C)C)CC1=O. The van der Waals surface area contributed by atoms with Crippen LogP contribution in [0.3, 0.4) is 0 Å². The summed E-state index contributed by atoms with van der Waals surface area (Å²) in [6.07, 6.45) is 3.09. The summed E-state index contributed by atoms with van der Waals surface area (Å²) in [4.78, 5) is 26.3. The lowest BCUT2D eigenvalue weighted by atomic mass is 10.0. The average Bonchev–Trinajstić information content (AvgIpc) is 2.81. The Bertz CT molecular complexity index is 353. The van der Waals surface area contributed by atoms with E-state index < -0.39 is 0 Å². The fourth-order valence-electron chi connectivity index (χ4n) is 3.09. The van der Waals surface area contributed by atoms with Gasteiger partial charge in [0.05, 0.1) is 5.92 Å². The van der Waals surface area contributed by atoms with Gasteiger partial charge in [0.25, 0.3) is 0 Å². The lowest BCUT2D eigenvalue weighted by Gasteiger charge is -2.26. The largest absolute Gasteiger partial charge is 0.352 e. The zero-order valence-corrected chi connectivity index (χ0v) is 13.9. The molecule has 0 aromatic rings. The van der Waals surface area contributed by atoms with Gasteiger partial charge in [0.2, 0.25) is 11.8 Å². The minimum Gasteiger partial charge on any atom is -0.352 e. The standard InChI is InChI=1S/C16H31N3O2/c1-5-14(6-2)19-10-12(8-15(19)20)16(21)18-13(9-17)7-11(3)4/h11-14H,5-10,17H2,1-4H3,(H,18,21). The molecule has 0 spiro atoms. The summed E-state index contributed by atoms with van der Waals surface area (Å²) in [5.74, 6) is 0.356. The summed E-state index contributed by atoms with van der Waals surface area (Å²) < 4.78 is 0. The fraction of sp³-hybridized carbons (Fsp3) is 0.875. The Balaban J connectivity index is 2.58. The third-order valence-corrected chi connectivity index (χ3v) is 4.30. The highest BCUT2D eigenvalue weighted by molar-refractivity contribution is 5.89. The minimum atomic E-state index is -0.223. The van der Waals surface area contributed by atoms with Crippen LogP contribution < -0.4 is 11.1 Å². The maximum absolute atomic E-state index is 12.3. The van der Waals surface area contributed by atoms with Crippen LogP contribution in [0.5, 0.6) is 0 Å². The number of nitrogens with two attached hydrogens (primary N) is 1. The first-order chi connectivity index (χ1) is 9.92. The molecule has 0 saturated carbocycles. The molecule has 1 saturated heterocycles. The van der Waals surface area contributed by atoms with Gasteiger partial charge in [0, 0.05) is 31.6 Å². The van der Waals surface area contributed by atoms with E-state index in [1.54, 1.807) is 0 Å². The maximum Gasteiger partial charge on any atom is 0.225 e. The van der Waals surface area contributed by atoms with E-state index >= 15 is 0 Å². The van der Waals surface area contributed by atoms with Crippen molar-refractivity contribution in [2.75, 3.05) is 13.1 Å². The Kier molecular flexibility index (Phi) is 7.15. The van der Waals surface area contributed by atoms with Crippen LogP contribution in [0.1, 0.15) is 53.4 Å². The fourth-order valence-corrected chi connectivity index (χ4v) is 3.09. The van der Waals surface area contributed by atoms with Gasteiger partial charge >= 0.3 is 0 Å². The first-order valence-corrected chi connectivity index (χ1v) is 8.22. The highest BCUT2D eigenvalue weighted by Gasteiger charge is 2.37. The van der Waals surface area contributed by atoms with Crippen LogP contribution in [0.15, 0.2) is 0 Å². The second kappa shape index (κ2) is 8.37. The summed E-state index contributed by atoms with van der Waals surface area (Å²) in [6.45, 7) is 9.40. The van der Waals surface area contributed by atoms with Gasteiger partial charge in [-0.15, -0.1) is 0 Å². The van der Waals surface area contributed by atoms with Gasteiger partial charge in [-0.25, -0.2) is 0 Å². The predicted molar refractivity (Wildman–Crippen MR) is 84.6 cm³/mol. The van der Waals surface area contributed by atoms with E-state index in [0.717, 1.165) is 19.3 Å². The Morgan fingerprint density at radius 3 is 2.48 bits per heavy atom. The van der Waals surface area contributed by atoms with Gasteiger partial charge in [-0.2, -0.15) is 0 Å². The van der Waals surface area contributed by atoms with Crippen molar-refractivity contribution in [3.8, 4) is 0 Å². The Labute approximate surface area is 128 Å². The molecule has 1 heterocycles. The average molecular weight is 297 g/mol. The molecule has 0 bridgehead atoms. The van der Waals surface area contributed by atoms with Crippen molar-refractivity contribution < 1.29 is 9.59 Å². The van der Waals surface area contributed by atoms with E-state index in [1.165, 1.54) is 0 Å². The third-order valence-electron chi connectivity index (χ3n) is 4.30. The summed E-state index contributed by atoms with van der Waals surface area (Å²) in [5, 5.41) is 3.01. The molecule has 2 atom stereocenters. The molecule has 21 heavy (non-hydrogen) atoms. The molecule has 2 unspecified atom stereocenters. The Morgan fingerprint density at radius 1 is 1.38 bits per heavy atom. The molecule has 1 aliphatic rings. The van der Waals surface area contributed by atoms with Crippen LogP contribution in [0.2, 0.25) is 0 Å². The van der Waals surface area contributed by atoms with Crippen LogP contribution in [-0.4, -0.2) is 41.9 Å². The van der Waals surface area contributed by atoms with E-state index in [2.05, 4.69) is 33.0 Å². The van der Waals surface area contributed by atoms with E-state index in [9.17, 15) is 9.59 Å². The monoisotopic (exact) mass is 297 g/mol. The molecule has 5 nitrogen and oxygen atoms in total. The van der Waals surface area contributed by atoms with Crippen LogP contribution in [0.25, 0.3) is 0 Å². The number of nitrogens with zero attached hydrogens (tertiary/aromatic N) is 1. The Hall–Kier alpha value is -1.10. The molecule has 0 aromatic heterocycles. The van der Waals surface area contributed by atoms with Crippen molar-refractivity contribution in [3.05, 3.63) is 0 Å². The highest BCUT2D eigenvalue weighted by Crippen LogP contribution is 2.23. The van der Waals surface area contributed by atoms with Crippen LogP contribution in [0, 0.1) is 11.8 Å². The van der Waals surface area contributed by atoms with Gasteiger partial charge in [-0.1, -0.05) is 27.7 Å². The number of carbonyl (C=O) groups is 2. The molecule has 0 radical (unpaired) electrons. The van der Waals surface area contributed by atoms with Crippen molar-refractivity contribution in [1.82, 2.24) is 10.2 Å². The van der Waals surface area contributed by atoms with E-state index in [0.29, 0.717) is 25.4 Å². The van der Waals surface area contributed by atoms with E-state index in [1.807, 2.05) is 4.90 Å². The summed E-state index contributed by atoms with van der Waals surface area (Å²) in [5.41, 5.74) is 5.72. The van der Waals surface area contributed by atoms with Crippen LogP contribution in [0.4, 0.5) is 0 Å². The number of likely N-dealkylation sites (tertiary alicyclic amines) is 1. The number of amides is 2. The second-order valence-electron chi connectivity index (χ2n) is 6.49. The first kappa shape index (κ1) is 18.0. The molecule has 122 valence electrons. The number of carbonyl (C=O) groups excluding carboxylic acids is 2. The summed E-state index contributed by atoms with van der Waals surface area (Å²) >= 11 is 0. The van der Waals surface area contributed by atoms with E-state index in [-0.39, 0.29) is 29.8 Å². The molecule has 1 fully saturated rings. The summed E-state index contributed by atoms with van der Waals surface area (Å²) in [6, 6.07) is 0.270. The molecule has 5 heteroatoms. The molecule has 3 N–H and O–H groups in total. The molecule has 1 rings (SSSR count). The van der Waals surface area contributed by atoms with Crippen molar-refractivity contribution >= 4 is 11.8 Å². The first-order valence-electron chi connectivity index (χ1n) is 8.22. The zero-order valence-electron chi connectivity index (χ0n) is 13.9. The van der Waals surface area contributed by atoms with Crippen molar-refractivity contribution in [1.29, 1.82) is 0 Å². The number of hydrogen-bond donors (Lipinski definition) is 2. The minimum absolute atomic E-state index is 0.00907. The Morgan fingerprint density at radius 2 is 2.00 bits per heavy atom. The normalized spacial score (nSPS) is 20.4. The number of rotatable bonds is 8. The molecule has 0 aromatic carbocycles. The second-order valence-corrected chi connectivity index (χ2v) is 6.49. The molecular formula is C16H31N3O2. The lowest BCUT2D eigenvalue weighted by molar-refractivity contribution is -0.130. The lowest BCUT2D eigenvalue weighted by Crippen LogP contribution is -2.44.